The molecule has 1 aliphatic carbocycles. The summed E-state index contributed by atoms with van der Waals surface area (Å²) in [6.45, 7) is 1.65. The zero-order chi connectivity index (χ0) is 15.5. The SMILES string of the molecule is CCS(=O)(=O)c1ccccc1SCC1(CC(=O)OC)CC1. The first kappa shape index (κ1) is 16.4. The lowest BCUT2D eigenvalue weighted by Gasteiger charge is -2.14. The Balaban J connectivity index is 2.10. The van der Waals surface area contributed by atoms with E-state index >= 15 is 0 Å². The lowest BCUT2D eigenvalue weighted by Crippen LogP contribution is -2.13. The smallest absolute Gasteiger partial charge is 0.306 e. The minimum Gasteiger partial charge on any atom is -0.469 e. The minimum atomic E-state index is -3.22. The van der Waals surface area contributed by atoms with Crippen LogP contribution in [-0.2, 0) is 19.4 Å². The first-order valence-corrected chi connectivity index (χ1v) is 9.58. The molecule has 0 unspecified atom stereocenters. The fraction of sp³-hybridized carbons (Fsp3) is 0.533. The van der Waals surface area contributed by atoms with E-state index in [1.807, 2.05) is 12.1 Å². The number of ether oxygens (including phenoxy) is 1. The number of hydrogen-bond acceptors (Lipinski definition) is 5. The van der Waals surface area contributed by atoms with Gasteiger partial charge in [-0.1, -0.05) is 19.1 Å². The molecule has 2 rings (SSSR count). The van der Waals surface area contributed by atoms with Crippen molar-refractivity contribution in [2.24, 2.45) is 5.41 Å². The van der Waals surface area contributed by atoms with E-state index in [0.29, 0.717) is 11.3 Å². The van der Waals surface area contributed by atoms with Crippen molar-refractivity contribution in [3.8, 4) is 0 Å². The molecule has 6 heteroatoms. The van der Waals surface area contributed by atoms with Crippen LogP contribution < -0.4 is 0 Å². The van der Waals surface area contributed by atoms with Crippen LogP contribution in [0.3, 0.4) is 0 Å². The molecule has 0 saturated heterocycles. The average molecular weight is 328 g/mol. The largest absolute Gasteiger partial charge is 0.469 e. The van der Waals surface area contributed by atoms with Crippen molar-refractivity contribution in [2.45, 2.75) is 36.0 Å². The first-order valence-electron chi connectivity index (χ1n) is 6.94. The third-order valence-electron chi connectivity index (χ3n) is 3.80. The van der Waals surface area contributed by atoms with Gasteiger partial charge in [0.1, 0.15) is 0 Å². The quantitative estimate of drug-likeness (QED) is 0.569. The van der Waals surface area contributed by atoms with E-state index in [1.54, 1.807) is 19.1 Å². The molecule has 0 aliphatic heterocycles. The van der Waals surface area contributed by atoms with Gasteiger partial charge in [-0.3, -0.25) is 4.79 Å². The molecule has 21 heavy (non-hydrogen) atoms. The summed E-state index contributed by atoms with van der Waals surface area (Å²) in [5.74, 6) is 0.651. The summed E-state index contributed by atoms with van der Waals surface area (Å²) in [4.78, 5) is 12.6. The number of rotatable bonds is 7. The molecule has 0 radical (unpaired) electrons. The number of thioether (sulfide) groups is 1. The number of carbonyl (C=O) groups is 1. The highest BCUT2D eigenvalue weighted by molar-refractivity contribution is 8.00. The zero-order valence-electron chi connectivity index (χ0n) is 12.3. The Kier molecular flexibility index (Phi) is 4.99. The summed E-state index contributed by atoms with van der Waals surface area (Å²) in [7, 11) is -1.82. The van der Waals surface area contributed by atoms with Crippen molar-refractivity contribution < 1.29 is 17.9 Å². The van der Waals surface area contributed by atoms with Gasteiger partial charge in [0.05, 0.1) is 24.2 Å². The van der Waals surface area contributed by atoms with Crippen molar-refractivity contribution >= 4 is 27.6 Å². The standard InChI is InChI=1S/C15H20O4S2/c1-3-21(17,18)13-7-5-4-6-12(13)20-11-15(8-9-15)10-14(16)19-2/h4-7H,3,8-11H2,1-2H3. The normalized spacial score (nSPS) is 16.5. The molecule has 1 fully saturated rings. The van der Waals surface area contributed by atoms with Gasteiger partial charge in [0, 0.05) is 10.6 Å². The molecule has 0 bridgehead atoms. The van der Waals surface area contributed by atoms with Crippen molar-refractivity contribution in [1.82, 2.24) is 0 Å². The lowest BCUT2D eigenvalue weighted by molar-refractivity contribution is -0.141. The second-order valence-corrected chi connectivity index (χ2v) is 8.66. The summed E-state index contributed by atoms with van der Waals surface area (Å²) in [6.07, 6.45) is 2.41. The third-order valence-corrected chi connectivity index (χ3v) is 7.14. The molecular weight excluding hydrogens is 308 g/mol. The van der Waals surface area contributed by atoms with Crippen LogP contribution in [-0.4, -0.2) is 33.0 Å². The van der Waals surface area contributed by atoms with Crippen molar-refractivity contribution in [3.63, 3.8) is 0 Å². The maximum absolute atomic E-state index is 12.1. The number of methoxy groups -OCH3 is 1. The van der Waals surface area contributed by atoms with Gasteiger partial charge in [-0.15, -0.1) is 11.8 Å². The Labute approximate surface area is 130 Å². The molecule has 116 valence electrons. The van der Waals surface area contributed by atoms with Gasteiger partial charge >= 0.3 is 5.97 Å². The Morgan fingerprint density at radius 1 is 1.33 bits per heavy atom. The van der Waals surface area contributed by atoms with E-state index in [4.69, 9.17) is 4.74 Å². The number of sulfone groups is 1. The van der Waals surface area contributed by atoms with Crippen LogP contribution >= 0.6 is 11.8 Å². The van der Waals surface area contributed by atoms with Crippen LogP contribution in [0.25, 0.3) is 0 Å². The average Bonchev–Trinajstić information content (AvgIpc) is 3.25. The van der Waals surface area contributed by atoms with E-state index in [-0.39, 0.29) is 17.1 Å². The number of esters is 1. The molecule has 1 aromatic carbocycles. The van der Waals surface area contributed by atoms with E-state index in [9.17, 15) is 13.2 Å². The fourth-order valence-electron chi connectivity index (χ4n) is 2.14. The molecule has 0 N–H and O–H groups in total. The van der Waals surface area contributed by atoms with Gasteiger partial charge < -0.3 is 4.74 Å². The monoisotopic (exact) mass is 328 g/mol. The van der Waals surface area contributed by atoms with Gasteiger partial charge in [-0.05, 0) is 30.4 Å². The molecule has 0 atom stereocenters. The lowest BCUT2D eigenvalue weighted by atomic mass is 10.1. The highest BCUT2D eigenvalue weighted by Crippen LogP contribution is 2.52. The summed E-state index contributed by atoms with van der Waals surface area (Å²) in [5.41, 5.74) is -0.0130. The molecule has 1 aliphatic rings. The molecule has 0 aromatic heterocycles. The van der Waals surface area contributed by atoms with E-state index in [1.165, 1.54) is 18.9 Å². The second kappa shape index (κ2) is 6.40. The van der Waals surface area contributed by atoms with E-state index in [0.717, 1.165) is 23.5 Å². The van der Waals surface area contributed by atoms with Crippen LogP contribution in [0.2, 0.25) is 0 Å². The van der Waals surface area contributed by atoms with Crippen molar-refractivity contribution in [1.29, 1.82) is 0 Å². The molecule has 0 amide bonds. The van der Waals surface area contributed by atoms with E-state index in [2.05, 4.69) is 0 Å². The van der Waals surface area contributed by atoms with Gasteiger partial charge in [0.2, 0.25) is 0 Å². The summed E-state index contributed by atoms with van der Waals surface area (Å²) in [6, 6.07) is 7.08. The molecule has 0 spiro atoms. The van der Waals surface area contributed by atoms with Crippen molar-refractivity contribution in [3.05, 3.63) is 24.3 Å². The predicted molar refractivity (Wildman–Crippen MR) is 83.2 cm³/mol. The summed E-state index contributed by atoms with van der Waals surface area (Å²) >= 11 is 1.52. The Bertz CT molecular complexity index is 618. The number of carbonyl (C=O) groups excluding carboxylic acids is 1. The summed E-state index contributed by atoms with van der Waals surface area (Å²) < 4.78 is 28.9. The minimum absolute atomic E-state index is 0.0130. The number of benzene rings is 1. The maximum Gasteiger partial charge on any atom is 0.306 e. The molecular formula is C15H20O4S2. The van der Waals surface area contributed by atoms with Crippen molar-refractivity contribution in [2.75, 3.05) is 18.6 Å². The first-order chi connectivity index (χ1) is 9.92. The van der Waals surface area contributed by atoms with Gasteiger partial charge in [0.25, 0.3) is 0 Å². The van der Waals surface area contributed by atoms with Crippen LogP contribution in [0, 0.1) is 5.41 Å². The Morgan fingerprint density at radius 2 is 2.00 bits per heavy atom. The number of hydrogen-bond donors (Lipinski definition) is 0. The molecule has 1 saturated carbocycles. The van der Waals surface area contributed by atoms with Crippen LogP contribution in [0.4, 0.5) is 0 Å². The maximum atomic E-state index is 12.1. The highest BCUT2D eigenvalue weighted by atomic mass is 32.2. The Morgan fingerprint density at radius 3 is 2.57 bits per heavy atom. The summed E-state index contributed by atoms with van der Waals surface area (Å²) in [5, 5.41) is 0. The third kappa shape index (κ3) is 4.01. The van der Waals surface area contributed by atoms with Crippen LogP contribution in [0.15, 0.2) is 34.1 Å². The molecule has 4 nitrogen and oxygen atoms in total. The van der Waals surface area contributed by atoms with Crippen LogP contribution in [0.1, 0.15) is 26.2 Å². The van der Waals surface area contributed by atoms with Gasteiger partial charge in [-0.25, -0.2) is 8.42 Å². The van der Waals surface area contributed by atoms with E-state index < -0.39 is 9.84 Å². The molecule has 0 heterocycles. The topological polar surface area (TPSA) is 60.4 Å². The molecule has 1 aromatic rings. The predicted octanol–water partition coefficient (Wildman–Crippen LogP) is 2.92. The zero-order valence-corrected chi connectivity index (χ0v) is 13.9. The highest BCUT2D eigenvalue weighted by Gasteiger charge is 2.44. The Hall–Kier alpha value is -1.01. The van der Waals surface area contributed by atoms with Gasteiger partial charge in [-0.2, -0.15) is 0 Å². The fourth-order valence-corrected chi connectivity index (χ4v) is 4.91. The van der Waals surface area contributed by atoms with Gasteiger partial charge in [0.15, 0.2) is 9.84 Å². The van der Waals surface area contributed by atoms with Crippen LogP contribution in [0.5, 0.6) is 0 Å². The second-order valence-electron chi connectivity index (χ2n) is 5.39.